The summed E-state index contributed by atoms with van der Waals surface area (Å²) in [5.41, 5.74) is 2.49. The molecule has 1 amide bonds. The van der Waals surface area contributed by atoms with Crippen molar-refractivity contribution in [2.75, 3.05) is 13.2 Å². The zero-order valence-electron chi connectivity index (χ0n) is 16.2. The summed E-state index contributed by atoms with van der Waals surface area (Å²) in [5.74, 6) is -0.714. The summed E-state index contributed by atoms with van der Waals surface area (Å²) in [7, 11) is 0. The summed E-state index contributed by atoms with van der Waals surface area (Å²) < 4.78 is 4.98. The lowest BCUT2D eigenvalue weighted by Gasteiger charge is -2.09. The third-order valence-corrected chi connectivity index (χ3v) is 4.44. The molecule has 7 nitrogen and oxygen atoms in total. The quantitative estimate of drug-likeness (QED) is 0.426. The largest absolute Gasteiger partial charge is 0.452 e. The van der Waals surface area contributed by atoms with Crippen LogP contribution in [0.4, 0.5) is 5.69 Å². The van der Waals surface area contributed by atoms with Gasteiger partial charge in [0.1, 0.15) is 0 Å². The van der Waals surface area contributed by atoms with Crippen molar-refractivity contribution in [3.63, 3.8) is 0 Å². The lowest BCUT2D eigenvalue weighted by molar-refractivity contribution is -0.385. The molecule has 0 aromatic heterocycles. The second-order valence-corrected chi connectivity index (χ2v) is 6.78. The Morgan fingerprint density at radius 3 is 2.43 bits per heavy atom. The van der Waals surface area contributed by atoms with Gasteiger partial charge in [-0.2, -0.15) is 0 Å². The number of hydrogen-bond acceptors (Lipinski definition) is 5. The number of nitrogens with one attached hydrogen (secondary N) is 1. The van der Waals surface area contributed by atoms with Crippen molar-refractivity contribution in [2.24, 2.45) is 0 Å². The van der Waals surface area contributed by atoms with E-state index in [1.807, 2.05) is 12.1 Å². The second kappa shape index (κ2) is 9.64. The Bertz CT molecular complexity index is 860. The molecule has 2 rings (SSSR count). The highest BCUT2D eigenvalue weighted by molar-refractivity contribution is 5.93. The van der Waals surface area contributed by atoms with Gasteiger partial charge in [0.05, 0.1) is 10.5 Å². The van der Waals surface area contributed by atoms with Crippen LogP contribution in [-0.2, 0) is 16.0 Å². The first-order chi connectivity index (χ1) is 13.3. The Morgan fingerprint density at radius 1 is 1.14 bits per heavy atom. The van der Waals surface area contributed by atoms with Crippen LogP contribution in [0.2, 0.25) is 0 Å². The normalized spacial score (nSPS) is 10.6. The predicted molar refractivity (Wildman–Crippen MR) is 105 cm³/mol. The summed E-state index contributed by atoms with van der Waals surface area (Å²) in [6.07, 6.45) is 0.669. The number of nitro groups is 1. The maximum atomic E-state index is 12.1. The van der Waals surface area contributed by atoms with E-state index in [1.165, 1.54) is 30.7 Å². The molecule has 0 bridgehead atoms. The van der Waals surface area contributed by atoms with Gasteiger partial charge in [0.2, 0.25) is 0 Å². The third kappa shape index (κ3) is 5.64. The van der Waals surface area contributed by atoms with Crippen molar-refractivity contribution in [1.29, 1.82) is 0 Å². The molecule has 0 radical (unpaired) electrons. The minimum absolute atomic E-state index is 0.0762. The Balaban J connectivity index is 1.80. The number of amides is 1. The Kier molecular flexibility index (Phi) is 7.26. The topological polar surface area (TPSA) is 98.5 Å². The van der Waals surface area contributed by atoms with E-state index in [0.717, 1.165) is 5.56 Å². The summed E-state index contributed by atoms with van der Waals surface area (Å²) in [6.45, 7) is 5.72. The van der Waals surface area contributed by atoms with Crippen LogP contribution >= 0.6 is 0 Å². The Morgan fingerprint density at radius 2 is 1.82 bits per heavy atom. The molecule has 0 saturated carbocycles. The van der Waals surface area contributed by atoms with Crippen LogP contribution in [0.25, 0.3) is 0 Å². The van der Waals surface area contributed by atoms with E-state index in [1.54, 1.807) is 0 Å². The second-order valence-electron chi connectivity index (χ2n) is 6.78. The van der Waals surface area contributed by atoms with Crippen molar-refractivity contribution in [3.05, 3.63) is 74.8 Å². The van der Waals surface area contributed by atoms with Crippen LogP contribution in [0.5, 0.6) is 0 Å². The van der Waals surface area contributed by atoms with E-state index < -0.39 is 23.4 Å². The number of nitrogens with zero attached hydrogens (tertiary/aromatic N) is 1. The average Bonchev–Trinajstić information content (AvgIpc) is 2.66. The first-order valence-electron chi connectivity index (χ1n) is 9.06. The molecule has 0 fully saturated rings. The van der Waals surface area contributed by atoms with Crippen molar-refractivity contribution in [3.8, 4) is 0 Å². The van der Waals surface area contributed by atoms with Crippen LogP contribution in [0.3, 0.4) is 0 Å². The number of nitro benzene ring substituents is 1. The van der Waals surface area contributed by atoms with Gasteiger partial charge in [0.15, 0.2) is 6.61 Å². The molecular formula is C21H24N2O5. The van der Waals surface area contributed by atoms with Crippen LogP contribution in [0.1, 0.15) is 46.8 Å². The lowest BCUT2D eigenvalue weighted by Crippen LogP contribution is -2.30. The predicted octanol–water partition coefficient (Wildman–Crippen LogP) is 3.54. The van der Waals surface area contributed by atoms with Crippen LogP contribution in [0.15, 0.2) is 42.5 Å². The highest BCUT2D eigenvalue weighted by atomic mass is 16.6. The van der Waals surface area contributed by atoms with Crippen molar-refractivity contribution >= 4 is 17.6 Å². The zero-order valence-corrected chi connectivity index (χ0v) is 16.2. The van der Waals surface area contributed by atoms with Gasteiger partial charge in [-0.05, 0) is 36.5 Å². The van der Waals surface area contributed by atoms with Crippen molar-refractivity contribution in [1.82, 2.24) is 5.32 Å². The fraction of sp³-hybridized carbons (Fsp3) is 0.333. The molecular weight excluding hydrogens is 360 g/mol. The molecule has 0 heterocycles. The van der Waals surface area contributed by atoms with Crippen molar-refractivity contribution < 1.29 is 19.2 Å². The smallest absolute Gasteiger partial charge is 0.339 e. The molecule has 0 unspecified atom stereocenters. The molecule has 2 aromatic rings. The first-order valence-corrected chi connectivity index (χ1v) is 9.06. The fourth-order valence-corrected chi connectivity index (χ4v) is 2.72. The molecule has 0 atom stereocenters. The molecule has 2 aromatic carbocycles. The molecule has 0 spiro atoms. The van der Waals surface area contributed by atoms with E-state index in [4.69, 9.17) is 4.74 Å². The van der Waals surface area contributed by atoms with Crippen LogP contribution < -0.4 is 5.32 Å². The van der Waals surface area contributed by atoms with Crippen molar-refractivity contribution in [2.45, 2.75) is 33.1 Å². The number of carbonyl (C=O) groups is 2. The number of rotatable bonds is 8. The molecule has 0 aliphatic rings. The number of benzene rings is 2. The fourth-order valence-electron chi connectivity index (χ4n) is 2.72. The molecule has 28 heavy (non-hydrogen) atoms. The summed E-state index contributed by atoms with van der Waals surface area (Å²) >= 11 is 0. The third-order valence-electron chi connectivity index (χ3n) is 4.44. The Labute approximate surface area is 163 Å². The lowest BCUT2D eigenvalue weighted by atomic mass is 10.0. The van der Waals surface area contributed by atoms with E-state index in [-0.39, 0.29) is 16.8 Å². The number of carbonyl (C=O) groups excluding carboxylic acids is 2. The van der Waals surface area contributed by atoms with E-state index in [0.29, 0.717) is 18.9 Å². The minimum Gasteiger partial charge on any atom is -0.452 e. The van der Waals surface area contributed by atoms with E-state index in [9.17, 15) is 19.7 Å². The number of hydrogen-bond donors (Lipinski definition) is 1. The first kappa shape index (κ1) is 21.1. The van der Waals surface area contributed by atoms with Gasteiger partial charge in [0.25, 0.3) is 11.6 Å². The average molecular weight is 384 g/mol. The van der Waals surface area contributed by atoms with Gasteiger partial charge >= 0.3 is 5.97 Å². The molecule has 0 saturated heterocycles. The van der Waals surface area contributed by atoms with E-state index in [2.05, 4.69) is 31.3 Å². The SMILES string of the molecule is Cc1c(C(=O)OCC(=O)NCCc2ccc(C(C)C)cc2)cccc1[N+](=O)[O-]. The van der Waals surface area contributed by atoms with Gasteiger partial charge in [-0.3, -0.25) is 14.9 Å². The van der Waals surface area contributed by atoms with E-state index >= 15 is 0 Å². The molecule has 0 aliphatic carbocycles. The maximum Gasteiger partial charge on any atom is 0.339 e. The summed E-state index contributed by atoms with van der Waals surface area (Å²) in [6, 6.07) is 12.4. The zero-order chi connectivity index (χ0) is 20.7. The number of ether oxygens (including phenoxy) is 1. The van der Waals surface area contributed by atoms with Crippen LogP contribution in [-0.4, -0.2) is 30.0 Å². The summed E-state index contributed by atoms with van der Waals surface area (Å²) in [4.78, 5) is 34.4. The number of esters is 1. The molecule has 148 valence electrons. The van der Waals surface area contributed by atoms with Gasteiger partial charge in [-0.25, -0.2) is 4.79 Å². The Hall–Kier alpha value is -3.22. The summed E-state index contributed by atoms with van der Waals surface area (Å²) in [5, 5.41) is 13.6. The maximum absolute atomic E-state index is 12.1. The molecule has 7 heteroatoms. The van der Waals surface area contributed by atoms with Gasteiger partial charge in [0, 0.05) is 18.2 Å². The van der Waals surface area contributed by atoms with Gasteiger partial charge in [-0.15, -0.1) is 0 Å². The highest BCUT2D eigenvalue weighted by Crippen LogP contribution is 2.21. The van der Waals surface area contributed by atoms with Gasteiger partial charge in [-0.1, -0.05) is 44.2 Å². The standard InChI is InChI=1S/C21H24N2O5/c1-14(2)17-9-7-16(8-10-17)11-12-22-20(24)13-28-21(25)18-5-4-6-19(15(18)3)23(26)27/h4-10,14H,11-13H2,1-3H3,(H,22,24). The molecule has 0 aliphatic heterocycles. The van der Waals surface area contributed by atoms with Crippen LogP contribution in [0, 0.1) is 17.0 Å². The highest BCUT2D eigenvalue weighted by Gasteiger charge is 2.19. The molecule has 1 N–H and O–H groups in total. The monoisotopic (exact) mass is 384 g/mol. The van der Waals surface area contributed by atoms with Gasteiger partial charge < -0.3 is 10.1 Å². The minimum atomic E-state index is -0.763.